The predicted octanol–water partition coefficient (Wildman–Crippen LogP) is 9.73. The van der Waals surface area contributed by atoms with Crippen molar-refractivity contribution in [2.24, 2.45) is 0 Å². The van der Waals surface area contributed by atoms with Gasteiger partial charge in [-0.05, 0) is 35.7 Å². The Labute approximate surface area is 279 Å². The number of anilines is 2. The molecule has 0 spiro atoms. The molecule has 0 saturated heterocycles. The highest BCUT2D eigenvalue weighted by Gasteiger charge is 2.12. The Kier molecular flexibility index (Phi) is 8.65. The number of fused-ring (bicyclic) bond motifs is 8. The summed E-state index contributed by atoms with van der Waals surface area (Å²) >= 11 is 0. The molecule has 6 heteroatoms. The standard InChI is InChI=1S/C42H38N4O2/c1-3-13-31-29(11-1)19-21-35-39(33-15-5-7-17-37(33)45-41(31)35)43-23-9-25-47-27-28-48-26-10-24-44-40-34-16-6-8-18-38(34)46-42-32-14-4-2-12-30(32)20-22-36(40)42/h1-8,11-22H,9-10,23-28H2,(H,43,45)(H,44,46). The first-order chi connectivity index (χ1) is 23.8. The highest BCUT2D eigenvalue weighted by Crippen LogP contribution is 2.36. The van der Waals surface area contributed by atoms with Gasteiger partial charge in [-0.2, -0.15) is 0 Å². The van der Waals surface area contributed by atoms with Crippen molar-refractivity contribution in [3.8, 4) is 0 Å². The molecule has 0 amide bonds. The summed E-state index contributed by atoms with van der Waals surface area (Å²) in [5.41, 5.74) is 6.36. The van der Waals surface area contributed by atoms with Gasteiger partial charge in [0, 0.05) is 58.6 Å². The number of hydrogen-bond acceptors (Lipinski definition) is 6. The lowest BCUT2D eigenvalue weighted by Crippen LogP contribution is -2.11. The van der Waals surface area contributed by atoms with Gasteiger partial charge in [-0.1, -0.05) is 109 Å². The van der Waals surface area contributed by atoms with E-state index in [0.717, 1.165) is 80.9 Å². The molecule has 2 heterocycles. The molecule has 0 atom stereocenters. The number of nitrogens with zero attached hydrogens (tertiary/aromatic N) is 2. The highest BCUT2D eigenvalue weighted by atomic mass is 16.5. The van der Waals surface area contributed by atoms with Gasteiger partial charge in [0.2, 0.25) is 0 Å². The van der Waals surface area contributed by atoms with Crippen molar-refractivity contribution in [1.82, 2.24) is 9.97 Å². The van der Waals surface area contributed by atoms with E-state index in [0.29, 0.717) is 26.4 Å². The summed E-state index contributed by atoms with van der Waals surface area (Å²) in [4.78, 5) is 10.1. The smallest absolute Gasteiger partial charge is 0.0808 e. The number of benzene rings is 6. The van der Waals surface area contributed by atoms with Crippen LogP contribution in [0.2, 0.25) is 0 Å². The molecule has 8 rings (SSSR count). The van der Waals surface area contributed by atoms with Crippen molar-refractivity contribution < 1.29 is 9.47 Å². The molecule has 6 nitrogen and oxygen atoms in total. The number of para-hydroxylation sites is 2. The first-order valence-corrected chi connectivity index (χ1v) is 16.9. The van der Waals surface area contributed by atoms with Crippen LogP contribution in [0.1, 0.15) is 12.8 Å². The van der Waals surface area contributed by atoms with Crippen LogP contribution < -0.4 is 10.6 Å². The van der Waals surface area contributed by atoms with Crippen LogP contribution in [0.15, 0.2) is 121 Å². The van der Waals surface area contributed by atoms with Crippen molar-refractivity contribution in [3.05, 3.63) is 121 Å². The number of rotatable bonds is 13. The van der Waals surface area contributed by atoms with Crippen LogP contribution in [0, 0.1) is 0 Å². The van der Waals surface area contributed by atoms with E-state index in [-0.39, 0.29) is 0 Å². The van der Waals surface area contributed by atoms with E-state index in [2.05, 4.69) is 132 Å². The third-order valence-electron chi connectivity index (χ3n) is 9.06. The number of pyridine rings is 2. The summed E-state index contributed by atoms with van der Waals surface area (Å²) in [6.07, 6.45) is 1.80. The Morgan fingerprint density at radius 3 is 1.29 bits per heavy atom. The summed E-state index contributed by atoms with van der Waals surface area (Å²) in [7, 11) is 0. The maximum Gasteiger partial charge on any atom is 0.0808 e. The van der Waals surface area contributed by atoms with Crippen LogP contribution >= 0.6 is 0 Å². The quantitative estimate of drug-likeness (QED) is 0.0751. The van der Waals surface area contributed by atoms with Crippen LogP contribution in [0.5, 0.6) is 0 Å². The second kappa shape index (κ2) is 13.8. The van der Waals surface area contributed by atoms with Crippen LogP contribution in [0.4, 0.5) is 11.4 Å². The van der Waals surface area contributed by atoms with Crippen molar-refractivity contribution >= 4 is 76.5 Å². The minimum atomic E-state index is 0.591. The number of aromatic nitrogens is 2. The van der Waals surface area contributed by atoms with Crippen molar-refractivity contribution in [2.75, 3.05) is 50.2 Å². The van der Waals surface area contributed by atoms with E-state index in [1.54, 1.807) is 0 Å². The Morgan fingerprint density at radius 1 is 0.396 bits per heavy atom. The van der Waals surface area contributed by atoms with E-state index in [4.69, 9.17) is 19.4 Å². The van der Waals surface area contributed by atoms with Crippen LogP contribution in [-0.2, 0) is 9.47 Å². The van der Waals surface area contributed by atoms with Crippen LogP contribution in [0.3, 0.4) is 0 Å². The molecular weight excluding hydrogens is 592 g/mol. The van der Waals surface area contributed by atoms with Crippen LogP contribution in [-0.4, -0.2) is 49.5 Å². The summed E-state index contributed by atoms with van der Waals surface area (Å²) < 4.78 is 11.8. The van der Waals surface area contributed by atoms with Gasteiger partial charge in [0.25, 0.3) is 0 Å². The topological polar surface area (TPSA) is 68.3 Å². The second-order valence-corrected chi connectivity index (χ2v) is 12.2. The molecule has 0 aliphatic carbocycles. The minimum absolute atomic E-state index is 0.591. The predicted molar refractivity (Wildman–Crippen MR) is 201 cm³/mol. The third kappa shape index (κ3) is 5.97. The van der Waals surface area contributed by atoms with E-state index >= 15 is 0 Å². The molecule has 0 fully saturated rings. The average molecular weight is 631 g/mol. The van der Waals surface area contributed by atoms with E-state index in [9.17, 15) is 0 Å². The van der Waals surface area contributed by atoms with Crippen molar-refractivity contribution in [2.45, 2.75) is 12.8 Å². The summed E-state index contributed by atoms with van der Waals surface area (Å²) in [5.74, 6) is 0. The molecule has 0 saturated carbocycles. The number of hydrogen-bond donors (Lipinski definition) is 2. The normalized spacial score (nSPS) is 11.8. The maximum atomic E-state index is 5.91. The molecule has 8 aromatic rings. The summed E-state index contributed by atoms with van der Waals surface area (Å²) in [6, 6.07) is 42.4. The molecule has 2 aromatic heterocycles. The molecule has 0 aliphatic heterocycles. The number of ether oxygens (including phenoxy) is 2. The van der Waals surface area contributed by atoms with Gasteiger partial charge in [0.1, 0.15) is 0 Å². The lowest BCUT2D eigenvalue weighted by molar-refractivity contribution is 0.0476. The maximum absolute atomic E-state index is 5.91. The Hall–Kier alpha value is -5.30. The number of nitrogens with one attached hydrogen (secondary N) is 2. The Balaban J connectivity index is 0.806. The second-order valence-electron chi connectivity index (χ2n) is 12.2. The van der Waals surface area contributed by atoms with Gasteiger partial charge in [0.05, 0.1) is 46.7 Å². The molecule has 6 aromatic carbocycles. The summed E-state index contributed by atoms with van der Waals surface area (Å²) in [5, 5.41) is 16.7. The van der Waals surface area contributed by atoms with Gasteiger partial charge in [0.15, 0.2) is 0 Å². The lowest BCUT2D eigenvalue weighted by Gasteiger charge is -2.15. The van der Waals surface area contributed by atoms with E-state index < -0.39 is 0 Å². The molecular formula is C42H38N4O2. The molecule has 2 N–H and O–H groups in total. The van der Waals surface area contributed by atoms with Gasteiger partial charge >= 0.3 is 0 Å². The first kappa shape index (κ1) is 30.1. The van der Waals surface area contributed by atoms with E-state index in [1.165, 1.54) is 21.5 Å². The fourth-order valence-electron chi connectivity index (χ4n) is 6.73. The zero-order valence-electron chi connectivity index (χ0n) is 26.9. The molecule has 0 radical (unpaired) electrons. The van der Waals surface area contributed by atoms with Gasteiger partial charge in [-0.3, -0.25) is 0 Å². The highest BCUT2D eigenvalue weighted by molar-refractivity contribution is 6.17. The zero-order valence-corrected chi connectivity index (χ0v) is 26.9. The largest absolute Gasteiger partial charge is 0.384 e. The Morgan fingerprint density at radius 2 is 0.812 bits per heavy atom. The Bertz CT molecular complexity index is 2220. The fourth-order valence-corrected chi connectivity index (χ4v) is 6.73. The first-order valence-electron chi connectivity index (χ1n) is 16.9. The minimum Gasteiger partial charge on any atom is -0.384 e. The lowest BCUT2D eigenvalue weighted by atomic mass is 10.0. The van der Waals surface area contributed by atoms with Crippen LogP contribution in [0.25, 0.3) is 65.2 Å². The monoisotopic (exact) mass is 630 g/mol. The average Bonchev–Trinajstić information content (AvgIpc) is 3.14. The molecule has 238 valence electrons. The zero-order chi connectivity index (χ0) is 32.1. The van der Waals surface area contributed by atoms with Crippen molar-refractivity contribution in [3.63, 3.8) is 0 Å². The molecule has 0 unspecified atom stereocenters. The van der Waals surface area contributed by atoms with E-state index in [1.807, 2.05) is 0 Å². The SMILES string of the molecule is c1ccc2c(c1)ccc1c(NCCCOCCOCCCNc3c4ccccc4nc4c3ccc3ccccc34)c3ccccc3nc12. The summed E-state index contributed by atoms with van der Waals surface area (Å²) in [6.45, 7) is 4.17. The molecule has 48 heavy (non-hydrogen) atoms. The van der Waals surface area contributed by atoms with Gasteiger partial charge in [-0.25, -0.2) is 9.97 Å². The van der Waals surface area contributed by atoms with Gasteiger partial charge in [-0.15, -0.1) is 0 Å². The van der Waals surface area contributed by atoms with Gasteiger partial charge < -0.3 is 20.1 Å². The molecule has 0 bridgehead atoms. The third-order valence-corrected chi connectivity index (χ3v) is 9.06. The molecule has 0 aliphatic rings. The van der Waals surface area contributed by atoms with Crippen molar-refractivity contribution in [1.29, 1.82) is 0 Å². The fraction of sp³-hybridized carbons (Fsp3) is 0.190.